The van der Waals surface area contributed by atoms with Crippen LogP contribution < -0.4 is 5.73 Å². The zero-order valence-electron chi connectivity index (χ0n) is 12.4. The fourth-order valence-electron chi connectivity index (χ4n) is 2.44. The Morgan fingerprint density at radius 3 is 2.58 bits per heavy atom. The highest BCUT2D eigenvalue weighted by Gasteiger charge is 2.29. The minimum atomic E-state index is -1.12. The molecule has 0 saturated heterocycles. The molecular formula is C16H25NO2. The minimum absolute atomic E-state index is 0.298. The summed E-state index contributed by atoms with van der Waals surface area (Å²) in [5, 5.41) is 9.03. The van der Waals surface area contributed by atoms with Crippen LogP contribution in [0.5, 0.6) is 0 Å². The van der Waals surface area contributed by atoms with Crippen LogP contribution in [0, 0.1) is 19.8 Å². The summed E-state index contributed by atoms with van der Waals surface area (Å²) in [5.74, 6) is -0.627. The van der Waals surface area contributed by atoms with Gasteiger partial charge in [0.05, 0.1) is 0 Å². The van der Waals surface area contributed by atoms with Crippen molar-refractivity contribution in [2.24, 2.45) is 11.7 Å². The molecule has 0 amide bonds. The second-order valence-corrected chi connectivity index (χ2v) is 6.00. The monoisotopic (exact) mass is 263 g/mol. The summed E-state index contributed by atoms with van der Waals surface area (Å²) in [6, 6.07) is 6.47. The summed E-state index contributed by atoms with van der Waals surface area (Å²) in [6.45, 7) is 7.87. The standard InChI is InChI=1S/C16H25NO2/c1-11-5-7-14(13(3)9-11)8-6-12(2)10-16(4,17)15(18)19/h5,7,9,12H,6,8,10,17H2,1-4H3,(H,18,19). The van der Waals surface area contributed by atoms with Crippen LogP contribution in [-0.4, -0.2) is 16.6 Å². The van der Waals surface area contributed by atoms with E-state index in [0.717, 1.165) is 12.8 Å². The number of nitrogens with two attached hydrogens (primary N) is 1. The predicted octanol–water partition coefficient (Wildman–Crippen LogP) is 3.06. The lowest BCUT2D eigenvalue weighted by Gasteiger charge is -2.23. The average molecular weight is 263 g/mol. The number of carboxylic acids is 1. The molecule has 0 aliphatic carbocycles. The first-order valence-corrected chi connectivity index (χ1v) is 6.81. The number of benzene rings is 1. The first-order valence-electron chi connectivity index (χ1n) is 6.81. The summed E-state index contributed by atoms with van der Waals surface area (Å²) in [4.78, 5) is 11.0. The molecule has 3 N–H and O–H groups in total. The van der Waals surface area contributed by atoms with Crippen molar-refractivity contribution >= 4 is 5.97 Å². The van der Waals surface area contributed by atoms with Gasteiger partial charge >= 0.3 is 5.97 Å². The minimum Gasteiger partial charge on any atom is -0.480 e. The van der Waals surface area contributed by atoms with Gasteiger partial charge in [-0.25, -0.2) is 0 Å². The lowest BCUT2D eigenvalue weighted by molar-refractivity contribution is -0.143. The van der Waals surface area contributed by atoms with E-state index in [2.05, 4.69) is 39.0 Å². The molecule has 1 aromatic carbocycles. The van der Waals surface area contributed by atoms with Gasteiger partial charge in [0.2, 0.25) is 0 Å². The molecule has 3 heteroatoms. The second kappa shape index (κ2) is 6.20. The third-order valence-corrected chi connectivity index (χ3v) is 3.67. The zero-order chi connectivity index (χ0) is 14.6. The van der Waals surface area contributed by atoms with E-state index in [1.165, 1.54) is 16.7 Å². The molecule has 2 atom stereocenters. The lowest BCUT2D eigenvalue weighted by atomic mass is 9.87. The molecular weight excluding hydrogens is 238 g/mol. The number of carbonyl (C=O) groups is 1. The van der Waals surface area contributed by atoms with Gasteiger partial charge in [0.25, 0.3) is 0 Å². The van der Waals surface area contributed by atoms with Crippen molar-refractivity contribution in [2.75, 3.05) is 0 Å². The van der Waals surface area contributed by atoms with Crippen molar-refractivity contribution in [3.05, 3.63) is 34.9 Å². The predicted molar refractivity (Wildman–Crippen MR) is 78.2 cm³/mol. The van der Waals surface area contributed by atoms with E-state index in [-0.39, 0.29) is 0 Å². The summed E-state index contributed by atoms with van der Waals surface area (Å²) in [6.07, 6.45) is 2.44. The Balaban J connectivity index is 2.55. The van der Waals surface area contributed by atoms with Crippen molar-refractivity contribution in [3.63, 3.8) is 0 Å². The summed E-state index contributed by atoms with van der Waals surface area (Å²) in [5.41, 5.74) is 8.58. The molecule has 0 saturated carbocycles. The average Bonchev–Trinajstić information content (AvgIpc) is 2.27. The van der Waals surface area contributed by atoms with Crippen molar-refractivity contribution < 1.29 is 9.90 Å². The Morgan fingerprint density at radius 1 is 1.42 bits per heavy atom. The van der Waals surface area contributed by atoms with Crippen molar-refractivity contribution in [1.29, 1.82) is 0 Å². The maximum atomic E-state index is 11.0. The fourth-order valence-corrected chi connectivity index (χ4v) is 2.44. The van der Waals surface area contributed by atoms with E-state index in [1.807, 2.05) is 0 Å². The molecule has 19 heavy (non-hydrogen) atoms. The van der Waals surface area contributed by atoms with Crippen LogP contribution in [-0.2, 0) is 11.2 Å². The molecule has 1 aromatic rings. The Hall–Kier alpha value is -1.35. The van der Waals surface area contributed by atoms with Gasteiger partial charge in [-0.1, -0.05) is 30.7 Å². The lowest BCUT2D eigenvalue weighted by Crippen LogP contribution is -2.46. The molecule has 1 rings (SSSR count). The first kappa shape index (κ1) is 15.7. The largest absolute Gasteiger partial charge is 0.480 e. The third-order valence-electron chi connectivity index (χ3n) is 3.67. The third kappa shape index (κ3) is 4.67. The highest BCUT2D eigenvalue weighted by atomic mass is 16.4. The van der Waals surface area contributed by atoms with Crippen LogP contribution in [0.15, 0.2) is 18.2 Å². The summed E-state index contributed by atoms with van der Waals surface area (Å²) in [7, 11) is 0. The highest BCUT2D eigenvalue weighted by Crippen LogP contribution is 2.21. The van der Waals surface area contributed by atoms with Crippen molar-refractivity contribution in [3.8, 4) is 0 Å². The van der Waals surface area contributed by atoms with E-state index in [4.69, 9.17) is 10.8 Å². The van der Waals surface area contributed by atoms with Crippen LogP contribution in [0.2, 0.25) is 0 Å². The van der Waals surface area contributed by atoms with Gasteiger partial charge in [-0.05, 0) is 57.1 Å². The van der Waals surface area contributed by atoms with E-state index < -0.39 is 11.5 Å². The molecule has 0 fully saturated rings. The number of hydrogen-bond acceptors (Lipinski definition) is 2. The zero-order valence-corrected chi connectivity index (χ0v) is 12.4. The number of aliphatic carboxylic acids is 1. The van der Waals surface area contributed by atoms with Gasteiger partial charge in [-0.3, -0.25) is 4.79 Å². The maximum absolute atomic E-state index is 11.0. The number of hydrogen-bond donors (Lipinski definition) is 2. The Bertz CT molecular complexity index is 452. The molecule has 0 aliphatic heterocycles. The van der Waals surface area contributed by atoms with E-state index in [1.54, 1.807) is 6.92 Å². The van der Waals surface area contributed by atoms with Gasteiger partial charge in [0, 0.05) is 0 Å². The van der Waals surface area contributed by atoms with Crippen molar-refractivity contribution in [1.82, 2.24) is 0 Å². The summed E-state index contributed by atoms with van der Waals surface area (Å²) < 4.78 is 0. The van der Waals surface area contributed by atoms with Crippen LogP contribution >= 0.6 is 0 Å². The van der Waals surface area contributed by atoms with Crippen LogP contribution in [0.25, 0.3) is 0 Å². The Labute approximate surface area is 115 Å². The van der Waals surface area contributed by atoms with Gasteiger partial charge in [0.15, 0.2) is 0 Å². The maximum Gasteiger partial charge on any atom is 0.323 e. The van der Waals surface area contributed by atoms with Crippen LogP contribution in [0.1, 0.15) is 43.4 Å². The molecule has 3 nitrogen and oxygen atoms in total. The number of aryl methyl sites for hydroxylation is 3. The number of carboxylic acid groups (broad SMARTS) is 1. The Morgan fingerprint density at radius 2 is 2.05 bits per heavy atom. The van der Waals surface area contributed by atoms with E-state index in [9.17, 15) is 4.79 Å². The molecule has 0 radical (unpaired) electrons. The quantitative estimate of drug-likeness (QED) is 0.829. The van der Waals surface area contributed by atoms with Crippen LogP contribution in [0.4, 0.5) is 0 Å². The molecule has 106 valence electrons. The van der Waals surface area contributed by atoms with Crippen LogP contribution in [0.3, 0.4) is 0 Å². The van der Waals surface area contributed by atoms with Gasteiger partial charge < -0.3 is 10.8 Å². The molecule has 0 heterocycles. The van der Waals surface area contributed by atoms with Crippen molar-refractivity contribution in [2.45, 2.75) is 52.5 Å². The molecule has 0 aromatic heterocycles. The van der Waals surface area contributed by atoms with Gasteiger partial charge in [0.1, 0.15) is 5.54 Å². The molecule has 0 spiro atoms. The van der Waals surface area contributed by atoms with E-state index >= 15 is 0 Å². The fraction of sp³-hybridized carbons (Fsp3) is 0.562. The topological polar surface area (TPSA) is 63.3 Å². The molecule has 0 bridgehead atoms. The van der Waals surface area contributed by atoms with E-state index in [0.29, 0.717) is 12.3 Å². The Kier molecular flexibility index (Phi) is 5.12. The van der Waals surface area contributed by atoms with Gasteiger partial charge in [-0.2, -0.15) is 0 Å². The SMILES string of the molecule is Cc1ccc(CCC(C)CC(C)(N)C(=O)O)c(C)c1. The molecule has 2 unspecified atom stereocenters. The summed E-state index contributed by atoms with van der Waals surface area (Å²) >= 11 is 0. The normalized spacial score (nSPS) is 15.8. The first-order chi connectivity index (χ1) is 8.72. The second-order valence-electron chi connectivity index (χ2n) is 6.00. The number of rotatable bonds is 6. The molecule has 0 aliphatic rings. The van der Waals surface area contributed by atoms with Gasteiger partial charge in [-0.15, -0.1) is 0 Å². The highest BCUT2D eigenvalue weighted by molar-refractivity contribution is 5.77. The smallest absolute Gasteiger partial charge is 0.323 e.